The zero-order valence-electron chi connectivity index (χ0n) is 8.67. The largest absolute Gasteiger partial charge is 0.386 e. The van der Waals surface area contributed by atoms with Gasteiger partial charge < -0.3 is 5.11 Å². The van der Waals surface area contributed by atoms with E-state index in [0.29, 0.717) is 6.42 Å². The molecule has 0 aliphatic heterocycles. The van der Waals surface area contributed by atoms with Gasteiger partial charge in [0.2, 0.25) is 6.04 Å². The number of hydrogen-bond donors (Lipinski definition) is 1. The SMILES string of the molecule is CCC(O)C(Cc1ccccc1)[N+](=O)[O-]. The first-order valence-electron chi connectivity index (χ1n) is 5.00. The Kier molecular flexibility index (Phi) is 4.24. The van der Waals surface area contributed by atoms with Crippen LogP contribution < -0.4 is 0 Å². The molecule has 15 heavy (non-hydrogen) atoms. The van der Waals surface area contributed by atoms with Gasteiger partial charge >= 0.3 is 0 Å². The summed E-state index contributed by atoms with van der Waals surface area (Å²) in [5.74, 6) is 0. The maximum Gasteiger partial charge on any atom is 0.242 e. The van der Waals surface area contributed by atoms with Gasteiger partial charge in [-0.2, -0.15) is 0 Å². The van der Waals surface area contributed by atoms with E-state index in [9.17, 15) is 15.2 Å². The molecule has 4 nitrogen and oxygen atoms in total. The van der Waals surface area contributed by atoms with Crippen LogP contribution in [0.1, 0.15) is 18.9 Å². The molecule has 2 unspecified atom stereocenters. The molecule has 0 aliphatic rings. The van der Waals surface area contributed by atoms with Gasteiger partial charge in [-0.1, -0.05) is 37.3 Å². The highest BCUT2D eigenvalue weighted by atomic mass is 16.6. The highest BCUT2D eigenvalue weighted by Gasteiger charge is 2.28. The van der Waals surface area contributed by atoms with E-state index < -0.39 is 17.1 Å². The molecule has 0 saturated heterocycles. The maximum absolute atomic E-state index is 10.7. The third kappa shape index (κ3) is 3.32. The van der Waals surface area contributed by atoms with Gasteiger partial charge in [-0.25, -0.2) is 0 Å². The van der Waals surface area contributed by atoms with Crippen molar-refractivity contribution in [1.29, 1.82) is 0 Å². The minimum atomic E-state index is -0.905. The van der Waals surface area contributed by atoms with E-state index >= 15 is 0 Å². The first-order chi connectivity index (χ1) is 7.15. The van der Waals surface area contributed by atoms with Crippen LogP contribution in [0, 0.1) is 10.1 Å². The minimum absolute atomic E-state index is 0.281. The molecular formula is C11H15NO3. The van der Waals surface area contributed by atoms with Crippen LogP contribution in [0.15, 0.2) is 30.3 Å². The molecule has 0 heterocycles. The van der Waals surface area contributed by atoms with Gasteiger partial charge in [0.05, 0.1) is 0 Å². The number of nitro groups is 1. The van der Waals surface area contributed by atoms with Crippen molar-refractivity contribution in [3.05, 3.63) is 46.0 Å². The Bertz CT molecular complexity index is 313. The van der Waals surface area contributed by atoms with Gasteiger partial charge in [0.15, 0.2) is 0 Å². The second kappa shape index (κ2) is 5.46. The van der Waals surface area contributed by atoms with Crippen molar-refractivity contribution in [2.24, 2.45) is 0 Å². The van der Waals surface area contributed by atoms with Crippen LogP contribution in [-0.2, 0) is 6.42 Å². The summed E-state index contributed by atoms with van der Waals surface area (Å²) in [6.07, 6.45) is -0.193. The highest BCUT2D eigenvalue weighted by molar-refractivity contribution is 5.15. The van der Waals surface area contributed by atoms with Gasteiger partial charge in [0.25, 0.3) is 0 Å². The predicted molar refractivity (Wildman–Crippen MR) is 57.2 cm³/mol. The van der Waals surface area contributed by atoms with E-state index in [-0.39, 0.29) is 6.42 Å². The fraction of sp³-hybridized carbons (Fsp3) is 0.455. The average Bonchev–Trinajstić information content (AvgIpc) is 2.26. The lowest BCUT2D eigenvalue weighted by Gasteiger charge is -2.14. The van der Waals surface area contributed by atoms with Crippen molar-refractivity contribution < 1.29 is 10.0 Å². The predicted octanol–water partition coefficient (Wildman–Crippen LogP) is 1.65. The topological polar surface area (TPSA) is 63.4 Å². The summed E-state index contributed by atoms with van der Waals surface area (Å²) in [6, 6.07) is 8.30. The van der Waals surface area contributed by atoms with Gasteiger partial charge in [0.1, 0.15) is 6.10 Å². The second-order valence-corrected chi connectivity index (χ2v) is 3.52. The zero-order valence-corrected chi connectivity index (χ0v) is 8.67. The lowest BCUT2D eigenvalue weighted by Crippen LogP contribution is -2.35. The Morgan fingerprint density at radius 2 is 2.00 bits per heavy atom. The zero-order chi connectivity index (χ0) is 11.3. The molecule has 0 saturated carbocycles. The Balaban J connectivity index is 2.71. The smallest absolute Gasteiger partial charge is 0.242 e. The van der Waals surface area contributed by atoms with E-state index in [0.717, 1.165) is 5.56 Å². The number of nitrogens with zero attached hydrogens (tertiary/aromatic N) is 1. The van der Waals surface area contributed by atoms with Crippen LogP contribution in [0.4, 0.5) is 0 Å². The molecule has 0 aliphatic carbocycles. The molecule has 1 aromatic carbocycles. The van der Waals surface area contributed by atoms with Crippen molar-refractivity contribution in [3.8, 4) is 0 Å². The normalized spacial score (nSPS) is 14.5. The molecule has 82 valence electrons. The average molecular weight is 209 g/mol. The number of hydrogen-bond acceptors (Lipinski definition) is 3. The molecule has 0 radical (unpaired) electrons. The van der Waals surface area contributed by atoms with Crippen LogP contribution in [0.3, 0.4) is 0 Å². The van der Waals surface area contributed by atoms with Crippen molar-refractivity contribution >= 4 is 0 Å². The summed E-state index contributed by atoms with van der Waals surface area (Å²) in [7, 11) is 0. The summed E-state index contributed by atoms with van der Waals surface area (Å²) in [4.78, 5) is 10.3. The van der Waals surface area contributed by atoms with E-state index in [1.54, 1.807) is 6.92 Å². The van der Waals surface area contributed by atoms with E-state index in [1.165, 1.54) is 0 Å². The molecule has 0 bridgehead atoms. The second-order valence-electron chi connectivity index (χ2n) is 3.52. The Morgan fingerprint density at radius 1 is 1.40 bits per heavy atom. The third-order valence-electron chi connectivity index (χ3n) is 2.42. The van der Waals surface area contributed by atoms with Gasteiger partial charge in [-0.15, -0.1) is 0 Å². The fourth-order valence-corrected chi connectivity index (χ4v) is 1.48. The molecule has 1 rings (SSSR count). The molecule has 1 N–H and O–H groups in total. The van der Waals surface area contributed by atoms with Crippen LogP contribution in [0.25, 0.3) is 0 Å². The first kappa shape index (κ1) is 11.7. The van der Waals surface area contributed by atoms with E-state index in [4.69, 9.17) is 0 Å². The Labute approximate surface area is 88.7 Å². The number of aliphatic hydroxyl groups excluding tert-OH is 1. The molecule has 2 atom stereocenters. The molecule has 0 aromatic heterocycles. The Morgan fingerprint density at radius 3 is 2.47 bits per heavy atom. The monoisotopic (exact) mass is 209 g/mol. The quantitative estimate of drug-likeness (QED) is 0.592. The molecule has 0 fully saturated rings. The third-order valence-corrected chi connectivity index (χ3v) is 2.42. The van der Waals surface area contributed by atoms with Gasteiger partial charge in [-0.3, -0.25) is 10.1 Å². The van der Waals surface area contributed by atoms with E-state index in [1.807, 2.05) is 30.3 Å². The van der Waals surface area contributed by atoms with Gasteiger partial charge in [-0.05, 0) is 12.0 Å². The molecule has 4 heteroatoms. The lowest BCUT2D eigenvalue weighted by atomic mass is 10.0. The summed E-state index contributed by atoms with van der Waals surface area (Å²) in [6.45, 7) is 1.74. The number of rotatable bonds is 5. The summed E-state index contributed by atoms with van der Waals surface area (Å²) in [5, 5.41) is 20.3. The highest BCUT2D eigenvalue weighted by Crippen LogP contribution is 2.10. The maximum atomic E-state index is 10.7. The standard InChI is InChI=1S/C11H15NO3/c1-2-11(13)10(12(14)15)8-9-6-4-3-5-7-9/h3-7,10-11,13H,2,8H2,1H3. The lowest BCUT2D eigenvalue weighted by molar-refractivity contribution is -0.534. The first-order valence-corrected chi connectivity index (χ1v) is 5.00. The minimum Gasteiger partial charge on any atom is -0.386 e. The van der Waals surface area contributed by atoms with Crippen molar-refractivity contribution in [2.45, 2.75) is 31.9 Å². The molecule has 1 aromatic rings. The van der Waals surface area contributed by atoms with E-state index in [2.05, 4.69) is 0 Å². The van der Waals surface area contributed by atoms with Crippen LogP contribution >= 0.6 is 0 Å². The molecule has 0 amide bonds. The van der Waals surface area contributed by atoms with Crippen LogP contribution in [0.2, 0.25) is 0 Å². The van der Waals surface area contributed by atoms with Crippen LogP contribution in [0.5, 0.6) is 0 Å². The summed E-state index contributed by atoms with van der Waals surface area (Å²) in [5.41, 5.74) is 0.881. The van der Waals surface area contributed by atoms with Gasteiger partial charge in [0, 0.05) is 11.3 Å². The molecular weight excluding hydrogens is 194 g/mol. The van der Waals surface area contributed by atoms with Crippen LogP contribution in [-0.4, -0.2) is 22.2 Å². The Hall–Kier alpha value is -1.42. The fourth-order valence-electron chi connectivity index (χ4n) is 1.48. The molecule has 0 spiro atoms. The summed E-state index contributed by atoms with van der Waals surface area (Å²) >= 11 is 0. The summed E-state index contributed by atoms with van der Waals surface area (Å²) < 4.78 is 0. The van der Waals surface area contributed by atoms with Crippen molar-refractivity contribution in [2.75, 3.05) is 0 Å². The number of benzene rings is 1. The van der Waals surface area contributed by atoms with Crippen molar-refractivity contribution in [3.63, 3.8) is 0 Å². The number of aliphatic hydroxyl groups is 1. The van der Waals surface area contributed by atoms with Crippen molar-refractivity contribution in [1.82, 2.24) is 0 Å².